The fourth-order valence-electron chi connectivity index (χ4n) is 1.58. The number of sulfonamides is 1. The molecule has 1 aromatic carbocycles. The van der Waals surface area contributed by atoms with E-state index in [1.807, 2.05) is 5.32 Å². The SMILES string of the molecule is O=C(O)CCNC(=O)CS(=O)(=O)Nc1ccc(F)cc1C(F)(F)F. The largest absolute Gasteiger partial charge is 0.481 e. The minimum atomic E-state index is -5.01. The van der Waals surface area contributed by atoms with Gasteiger partial charge < -0.3 is 10.4 Å². The molecule has 134 valence electrons. The van der Waals surface area contributed by atoms with E-state index in [2.05, 4.69) is 0 Å². The lowest BCUT2D eigenvalue weighted by Crippen LogP contribution is -2.34. The number of aliphatic carboxylic acids is 1. The summed E-state index contributed by atoms with van der Waals surface area (Å²) in [5.41, 5.74) is -2.47. The highest BCUT2D eigenvalue weighted by Gasteiger charge is 2.35. The molecule has 0 heterocycles. The first-order chi connectivity index (χ1) is 10.9. The summed E-state index contributed by atoms with van der Waals surface area (Å²) in [7, 11) is -4.51. The van der Waals surface area contributed by atoms with Crippen molar-refractivity contribution in [1.82, 2.24) is 5.32 Å². The number of halogens is 4. The Morgan fingerprint density at radius 1 is 1.21 bits per heavy atom. The van der Waals surface area contributed by atoms with Crippen LogP contribution in [0.15, 0.2) is 18.2 Å². The number of rotatable bonds is 7. The number of benzene rings is 1. The quantitative estimate of drug-likeness (QED) is 0.622. The molecule has 7 nitrogen and oxygen atoms in total. The summed E-state index contributed by atoms with van der Waals surface area (Å²) < 4.78 is 76.3. The van der Waals surface area contributed by atoms with Crippen molar-refractivity contribution in [2.45, 2.75) is 12.6 Å². The molecule has 1 amide bonds. The van der Waals surface area contributed by atoms with E-state index in [1.165, 1.54) is 0 Å². The Hall–Kier alpha value is -2.37. The molecule has 1 rings (SSSR count). The van der Waals surface area contributed by atoms with Gasteiger partial charge in [0.25, 0.3) is 0 Å². The van der Waals surface area contributed by atoms with Crippen molar-refractivity contribution < 1.29 is 40.7 Å². The Labute approximate surface area is 133 Å². The third-order valence-electron chi connectivity index (χ3n) is 2.53. The number of hydrogen-bond donors (Lipinski definition) is 3. The van der Waals surface area contributed by atoms with Gasteiger partial charge in [-0.1, -0.05) is 0 Å². The molecule has 0 fully saturated rings. The number of anilines is 1. The van der Waals surface area contributed by atoms with Crippen LogP contribution in [0.5, 0.6) is 0 Å². The maximum absolute atomic E-state index is 12.9. The second-order valence-electron chi connectivity index (χ2n) is 4.54. The number of carboxylic acid groups (broad SMARTS) is 1. The molecule has 0 radical (unpaired) electrons. The normalized spacial score (nSPS) is 11.8. The highest BCUT2D eigenvalue weighted by molar-refractivity contribution is 7.93. The summed E-state index contributed by atoms with van der Waals surface area (Å²) in [4.78, 5) is 21.6. The Balaban J connectivity index is 2.84. The monoisotopic (exact) mass is 372 g/mol. The fourth-order valence-corrected chi connectivity index (χ4v) is 2.61. The molecule has 1 aromatic rings. The molecule has 0 aliphatic rings. The maximum atomic E-state index is 12.9. The smallest absolute Gasteiger partial charge is 0.418 e. The second kappa shape index (κ2) is 7.47. The highest BCUT2D eigenvalue weighted by Crippen LogP contribution is 2.35. The lowest BCUT2D eigenvalue weighted by Gasteiger charge is -2.14. The molecule has 0 spiro atoms. The molecule has 12 heteroatoms. The van der Waals surface area contributed by atoms with E-state index in [0.29, 0.717) is 12.1 Å². The molecule has 0 aliphatic carbocycles. The van der Waals surface area contributed by atoms with E-state index in [9.17, 15) is 35.6 Å². The van der Waals surface area contributed by atoms with Crippen LogP contribution in [0.1, 0.15) is 12.0 Å². The average Bonchev–Trinajstić information content (AvgIpc) is 2.38. The van der Waals surface area contributed by atoms with Crippen molar-refractivity contribution in [2.75, 3.05) is 17.0 Å². The van der Waals surface area contributed by atoms with E-state index in [4.69, 9.17) is 5.11 Å². The summed E-state index contributed by atoms with van der Waals surface area (Å²) in [6, 6.07) is 1.32. The van der Waals surface area contributed by atoms with Crippen molar-refractivity contribution in [3.05, 3.63) is 29.6 Å². The number of nitrogens with one attached hydrogen (secondary N) is 2. The minimum absolute atomic E-state index is 0.116. The van der Waals surface area contributed by atoms with Crippen LogP contribution in [0.3, 0.4) is 0 Å². The summed E-state index contributed by atoms with van der Waals surface area (Å²) in [6.45, 7) is -0.339. The van der Waals surface area contributed by atoms with E-state index < -0.39 is 57.3 Å². The summed E-state index contributed by atoms with van der Waals surface area (Å²) in [5.74, 6) is -4.75. The number of carbonyl (C=O) groups excluding carboxylic acids is 1. The third-order valence-corrected chi connectivity index (χ3v) is 3.71. The van der Waals surface area contributed by atoms with Crippen molar-refractivity contribution >= 4 is 27.6 Å². The van der Waals surface area contributed by atoms with Gasteiger partial charge in [-0.25, -0.2) is 12.8 Å². The number of alkyl halides is 3. The van der Waals surface area contributed by atoms with E-state index in [0.717, 1.165) is 0 Å². The first-order valence-corrected chi connectivity index (χ1v) is 7.91. The fraction of sp³-hybridized carbons (Fsp3) is 0.333. The first kappa shape index (κ1) is 19.7. The zero-order chi connectivity index (χ0) is 18.5. The lowest BCUT2D eigenvalue weighted by molar-refractivity contribution is -0.138. The van der Waals surface area contributed by atoms with Crippen LogP contribution in [-0.4, -0.2) is 37.7 Å². The van der Waals surface area contributed by atoms with Crippen LogP contribution < -0.4 is 10.0 Å². The molecule has 0 saturated heterocycles. The van der Waals surface area contributed by atoms with Crippen LogP contribution in [0.25, 0.3) is 0 Å². The molecular formula is C12H12F4N2O5S. The van der Waals surface area contributed by atoms with Crippen molar-refractivity contribution in [1.29, 1.82) is 0 Å². The summed E-state index contributed by atoms with van der Waals surface area (Å²) in [5, 5.41) is 10.4. The van der Waals surface area contributed by atoms with Gasteiger partial charge in [0.05, 0.1) is 17.7 Å². The predicted molar refractivity (Wildman–Crippen MR) is 74.1 cm³/mol. The molecule has 3 N–H and O–H groups in total. The minimum Gasteiger partial charge on any atom is -0.481 e. The van der Waals surface area contributed by atoms with Gasteiger partial charge in [-0.05, 0) is 18.2 Å². The van der Waals surface area contributed by atoms with Crippen molar-refractivity contribution in [2.24, 2.45) is 0 Å². The maximum Gasteiger partial charge on any atom is 0.418 e. The highest BCUT2D eigenvalue weighted by atomic mass is 32.2. The van der Waals surface area contributed by atoms with Gasteiger partial charge in [0.15, 0.2) is 0 Å². The van der Waals surface area contributed by atoms with Crippen molar-refractivity contribution in [3.8, 4) is 0 Å². The number of carboxylic acids is 1. The lowest BCUT2D eigenvalue weighted by atomic mass is 10.2. The topological polar surface area (TPSA) is 113 Å². The van der Waals surface area contributed by atoms with Gasteiger partial charge >= 0.3 is 12.1 Å². The van der Waals surface area contributed by atoms with Crippen LogP contribution in [-0.2, 0) is 25.8 Å². The molecule has 0 unspecified atom stereocenters. The van der Waals surface area contributed by atoms with E-state index in [-0.39, 0.29) is 12.6 Å². The van der Waals surface area contributed by atoms with Gasteiger partial charge in [0.1, 0.15) is 11.6 Å². The molecule has 0 saturated carbocycles. The molecule has 0 bridgehead atoms. The average molecular weight is 372 g/mol. The van der Waals surface area contributed by atoms with Crippen LogP contribution in [0.4, 0.5) is 23.2 Å². The van der Waals surface area contributed by atoms with Crippen LogP contribution >= 0.6 is 0 Å². The Kier molecular flexibility index (Phi) is 6.12. The molecule has 24 heavy (non-hydrogen) atoms. The molecule has 0 aliphatic heterocycles. The zero-order valence-corrected chi connectivity index (χ0v) is 12.7. The summed E-state index contributed by atoms with van der Waals surface area (Å²) >= 11 is 0. The first-order valence-electron chi connectivity index (χ1n) is 6.26. The second-order valence-corrected chi connectivity index (χ2v) is 6.26. The van der Waals surface area contributed by atoms with Gasteiger partial charge in [-0.2, -0.15) is 13.2 Å². The van der Waals surface area contributed by atoms with Gasteiger partial charge in [0.2, 0.25) is 15.9 Å². The Bertz CT molecular complexity index is 733. The van der Waals surface area contributed by atoms with Crippen LogP contribution in [0.2, 0.25) is 0 Å². The number of amides is 1. The predicted octanol–water partition coefficient (Wildman–Crippen LogP) is 1.18. The molecule has 0 aromatic heterocycles. The number of carbonyl (C=O) groups is 2. The van der Waals surface area contributed by atoms with E-state index >= 15 is 0 Å². The molecule has 0 atom stereocenters. The standard InChI is InChI=1S/C12H12F4N2O5S/c13-7-1-2-9(8(5-7)12(14,15)16)18-24(22,23)6-10(19)17-4-3-11(20)21/h1-2,5,18H,3-4,6H2,(H,17,19)(H,20,21). The summed E-state index contributed by atoms with van der Waals surface area (Å²) in [6.07, 6.45) is -5.46. The van der Waals surface area contributed by atoms with Crippen molar-refractivity contribution in [3.63, 3.8) is 0 Å². The third kappa shape index (κ3) is 6.40. The van der Waals surface area contributed by atoms with E-state index in [1.54, 1.807) is 4.72 Å². The Morgan fingerprint density at radius 2 is 1.83 bits per heavy atom. The van der Waals surface area contributed by atoms with Gasteiger partial charge in [-0.3, -0.25) is 14.3 Å². The Morgan fingerprint density at radius 3 is 2.38 bits per heavy atom. The van der Waals surface area contributed by atoms with Crippen LogP contribution in [0, 0.1) is 5.82 Å². The van der Waals surface area contributed by atoms with Gasteiger partial charge in [-0.15, -0.1) is 0 Å². The zero-order valence-electron chi connectivity index (χ0n) is 11.9. The molecular weight excluding hydrogens is 360 g/mol. The van der Waals surface area contributed by atoms with Gasteiger partial charge in [0, 0.05) is 6.54 Å². The number of hydrogen-bond acceptors (Lipinski definition) is 4.